The van der Waals surface area contributed by atoms with E-state index >= 15 is 0 Å². The van der Waals surface area contributed by atoms with Crippen molar-refractivity contribution in [3.05, 3.63) is 93.1 Å². The van der Waals surface area contributed by atoms with E-state index in [9.17, 15) is 46.0 Å². The zero-order valence-electron chi connectivity index (χ0n) is 22.2. The maximum Gasteiger partial charge on any atom is 0.418 e. The zero-order valence-corrected chi connectivity index (χ0v) is 23.1. The fourth-order valence-corrected chi connectivity index (χ4v) is 4.78. The highest BCUT2D eigenvalue weighted by atomic mass is 32.2. The molecule has 1 aromatic carbocycles. The Bertz CT molecular complexity index is 1480. The summed E-state index contributed by atoms with van der Waals surface area (Å²) in [5.74, 6) is -4.91. The van der Waals surface area contributed by atoms with Gasteiger partial charge in [0.25, 0.3) is 5.69 Å². The van der Waals surface area contributed by atoms with Crippen LogP contribution in [0.2, 0.25) is 0 Å². The number of Topliss-reactive ketones (excluding diaryl/α,β-unsaturated/α-hetero) is 1. The maximum absolute atomic E-state index is 13.8. The van der Waals surface area contributed by atoms with Crippen LogP contribution in [-0.4, -0.2) is 38.0 Å². The normalized spacial score (nSPS) is 13.0. The summed E-state index contributed by atoms with van der Waals surface area (Å²) in [5.41, 5.74) is -6.29. The molecule has 42 heavy (non-hydrogen) atoms. The van der Waals surface area contributed by atoms with Crippen molar-refractivity contribution in [3.63, 3.8) is 0 Å². The van der Waals surface area contributed by atoms with E-state index in [0.717, 1.165) is 11.8 Å². The number of thioether (sulfide) groups is 1. The van der Waals surface area contributed by atoms with Crippen LogP contribution in [0, 0.1) is 10.1 Å². The monoisotopic (exact) mass is 615 g/mol. The summed E-state index contributed by atoms with van der Waals surface area (Å²) in [5, 5.41) is 11.8. The fraction of sp³-hybridized carbons (Fsp3) is 0.333. The molecule has 1 unspecified atom stereocenters. The van der Waals surface area contributed by atoms with Crippen molar-refractivity contribution in [3.8, 4) is 0 Å². The Kier molecular flexibility index (Phi) is 9.65. The van der Waals surface area contributed by atoms with Gasteiger partial charge in [-0.2, -0.15) is 26.3 Å². The van der Waals surface area contributed by atoms with E-state index in [1.165, 1.54) is 13.8 Å². The van der Waals surface area contributed by atoms with Crippen LogP contribution in [0.4, 0.5) is 32.0 Å². The third-order valence-corrected chi connectivity index (χ3v) is 6.67. The van der Waals surface area contributed by atoms with Crippen molar-refractivity contribution in [1.29, 1.82) is 0 Å². The van der Waals surface area contributed by atoms with E-state index in [0.29, 0.717) is 17.8 Å². The number of halogens is 6. The summed E-state index contributed by atoms with van der Waals surface area (Å²) in [6.45, 7) is 4.52. The average Bonchev–Trinajstić information content (AvgIpc) is 2.87. The number of alkyl halides is 6. The number of aromatic nitrogens is 2. The minimum atomic E-state index is -5.05. The molecule has 0 N–H and O–H groups in total. The lowest BCUT2D eigenvalue weighted by atomic mass is 9.93. The molecule has 224 valence electrons. The van der Waals surface area contributed by atoms with Crippen LogP contribution in [0.25, 0.3) is 0 Å². The fourth-order valence-electron chi connectivity index (χ4n) is 3.97. The number of rotatable bonds is 10. The van der Waals surface area contributed by atoms with E-state index in [1.54, 1.807) is 37.3 Å². The van der Waals surface area contributed by atoms with Crippen LogP contribution in [0.15, 0.2) is 59.8 Å². The van der Waals surface area contributed by atoms with Gasteiger partial charge in [-0.25, -0.2) is 0 Å². The summed E-state index contributed by atoms with van der Waals surface area (Å²) in [6.07, 6.45) is -9.20. The number of esters is 1. The molecular weight excluding hydrogens is 592 g/mol. The maximum atomic E-state index is 13.8. The quantitative estimate of drug-likeness (QED) is 0.0453. The summed E-state index contributed by atoms with van der Waals surface area (Å²) >= 11 is 0.778. The van der Waals surface area contributed by atoms with Gasteiger partial charge in [-0.3, -0.25) is 29.7 Å². The first-order chi connectivity index (χ1) is 19.4. The topological polar surface area (TPSA) is 112 Å². The van der Waals surface area contributed by atoms with Gasteiger partial charge in [-0.1, -0.05) is 37.3 Å². The molecule has 0 spiro atoms. The largest absolute Gasteiger partial charge is 0.458 e. The molecule has 0 bridgehead atoms. The molecule has 3 rings (SSSR count). The highest BCUT2D eigenvalue weighted by Crippen LogP contribution is 2.38. The number of pyridine rings is 2. The first-order valence-corrected chi connectivity index (χ1v) is 13.2. The van der Waals surface area contributed by atoms with E-state index in [4.69, 9.17) is 4.74 Å². The van der Waals surface area contributed by atoms with Crippen molar-refractivity contribution in [2.45, 2.75) is 56.0 Å². The number of carbonyl (C=O) groups excluding carboxylic acids is 2. The smallest absolute Gasteiger partial charge is 0.418 e. The molecule has 1 atom stereocenters. The Morgan fingerprint density at radius 3 is 2.10 bits per heavy atom. The standard InChI is InChI=1S/C27H23F6N3O5S/c1-4-42-19-11-17(27(31,32)33)14-35-22(19)23(37)20(21-18(36(39)40)10-16(13-34-21)26(28,29)30)24(38)41-25(2,3)12-15-8-6-5-7-9-15/h5-11,13-14,20H,4,12H2,1-3H3. The van der Waals surface area contributed by atoms with Crippen LogP contribution in [0.5, 0.6) is 0 Å². The molecular formula is C27H23F6N3O5S. The SMILES string of the molecule is CCSc1cc(C(F)(F)F)cnc1C(=O)C(C(=O)OC(C)(C)Cc1ccccc1)c1ncc(C(F)(F)F)cc1[N+](=O)[O-]. The molecule has 0 radical (unpaired) electrons. The van der Waals surface area contributed by atoms with Crippen LogP contribution in [0.3, 0.4) is 0 Å². The first-order valence-electron chi connectivity index (χ1n) is 12.2. The number of hydrogen-bond donors (Lipinski definition) is 0. The van der Waals surface area contributed by atoms with Crippen LogP contribution < -0.4 is 0 Å². The molecule has 0 fully saturated rings. The lowest BCUT2D eigenvalue weighted by molar-refractivity contribution is -0.386. The van der Waals surface area contributed by atoms with Gasteiger partial charge in [0.2, 0.25) is 5.78 Å². The van der Waals surface area contributed by atoms with Crippen LogP contribution in [0.1, 0.15) is 59.6 Å². The second-order valence-corrected chi connectivity index (χ2v) is 10.8. The van der Waals surface area contributed by atoms with E-state index in [2.05, 4.69) is 9.97 Å². The number of hydrogen-bond acceptors (Lipinski definition) is 8. The first kappa shape index (κ1) is 32.5. The van der Waals surface area contributed by atoms with Gasteiger partial charge < -0.3 is 4.74 Å². The Morgan fingerprint density at radius 1 is 0.976 bits per heavy atom. The molecule has 2 heterocycles. The van der Waals surface area contributed by atoms with Gasteiger partial charge in [-0.15, -0.1) is 11.8 Å². The van der Waals surface area contributed by atoms with Crippen LogP contribution >= 0.6 is 11.8 Å². The molecule has 2 aromatic heterocycles. The third-order valence-electron chi connectivity index (χ3n) is 5.76. The van der Waals surface area contributed by atoms with Gasteiger partial charge in [0.15, 0.2) is 5.92 Å². The molecule has 0 aliphatic heterocycles. The number of nitrogens with zero attached hydrogens (tertiary/aromatic N) is 3. The number of ketones is 1. The molecule has 0 aliphatic carbocycles. The number of carbonyl (C=O) groups is 2. The Labute approximate surface area is 239 Å². The second-order valence-electron chi connectivity index (χ2n) is 9.53. The highest BCUT2D eigenvalue weighted by molar-refractivity contribution is 7.99. The van der Waals surface area contributed by atoms with Crippen LogP contribution in [-0.2, 0) is 28.3 Å². The minimum absolute atomic E-state index is 0.110. The second kappa shape index (κ2) is 12.5. The van der Waals surface area contributed by atoms with Gasteiger partial charge in [0.1, 0.15) is 17.0 Å². The van der Waals surface area contributed by atoms with E-state index in [1.807, 2.05) is 0 Å². The highest BCUT2D eigenvalue weighted by Gasteiger charge is 2.43. The van der Waals surface area contributed by atoms with Crippen molar-refractivity contribution in [2.75, 3.05) is 5.75 Å². The Morgan fingerprint density at radius 2 is 1.55 bits per heavy atom. The number of benzene rings is 1. The van der Waals surface area contributed by atoms with Gasteiger partial charge in [0.05, 0.1) is 16.1 Å². The Hall–Kier alpha value is -4.01. The lowest BCUT2D eigenvalue weighted by Crippen LogP contribution is -2.36. The molecule has 0 amide bonds. The lowest BCUT2D eigenvalue weighted by Gasteiger charge is -2.27. The van der Waals surface area contributed by atoms with Gasteiger partial charge >= 0.3 is 18.3 Å². The zero-order chi connectivity index (χ0) is 31.5. The summed E-state index contributed by atoms with van der Waals surface area (Å²) in [4.78, 5) is 44.8. The number of ether oxygens (including phenoxy) is 1. The van der Waals surface area contributed by atoms with Gasteiger partial charge in [-0.05, 0) is 31.2 Å². The minimum Gasteiger partial charge on any atom is -0.458 e. The summed E-state index contributed by atoms with van der Waals surface area (Å²) in [6, 6.07) is 9.38. The van der Waals surface area contributed by atoms with Crippen molar-refractivity contribution < 1.29 is 45.6 Å². The van der Waals surface area contributed by atoms with Crippen molar-refractivity contribution in [2.24, 2.45) is 0 Å². The summed E-state index contributed by atoms with van der Waals surface area (Å²) in [7, 11) is 0. The molecule has 0 saturated heterocycles. The molecule has 15 heteroatoms. The van der Waals surface area contributed by atoms with Crippen molar-refractivity contribution >= 4 is 29.2 Å². The van der Waals surface area contributed by atoms with E-state index in [-0.39, 0.29) is 29.3 Å². The predicted octanol–water partition coefficient (Wildman–Crippen LogP) is 7.07. The molecule has 8 nitrogen and oxygen atoms in total. The molecule has 3 aromatic rings. The number of nitro groups is 1. The average molecular weight is 616 g/mol. The van der Waals surface area contributed by atoms with E-state index < -0.39 is 68.7 Å². The van der Waals surface area contributed by atoms with Crippen molar-refractivity contribution in [1.82, 2.24) is 9.97 Å². The summed E-state index contributed by atoms with van der Waals surface area (Å²) < 4.78 is 85.6. The Balaban J connectivity index is 2.18. The molecule has 0 aliphatic rings. The third kappa shape index (κ3) is 7.84. The van der Waals surface area contributed by atoms with Gasteiger partial charge in [0, 0.05) is 29.8 Å². The molecule has 0 saturated carbocycles. The predicted molar refractivity (Wildman–Crippen MR) is 139 cm³/mol.